The van der Waals surface area contributed by atoms with Crippen molar-refractivity contribution in [1.29, 1.82) is 0 Å². The van der Waals surface area contributed by atoms with Crippen LogP contribution in [-0.4, -0.2) is 29.8 Å². The molecule has 0 atom stereocenters. The van der Waals surface area contributed by atoms with Crippen molar-refractivity contribution in [1.82, 2.24) is 10.3 Å². The van der Waals surface area contributed by atoms with Crippen LogP contribution >= 0.6 is 11.6 Å². The second-order valence-corrected chi connectivity index (χ2v) is 7.93. The van der Waals surface area contributed by atoms with Gasteiger partial charge in [-0.3, -0.25) is 14.8 Å². The average Bonchev–Trinajstić information content (AvgIpc) is 3.32. The van der Waals surface area contributed by atoms with E-state index in [1.54, 1.807) is 24.4 Å². The number of aliphatic imine (C=N–C) groups is 1. The van der Waals surface area contributed by atoms with Gasteiger partial charge in [0, 0.05) is 30.9 Å². The monoisotopic (exact) mass is 488 g/mol. The highest BCUT2D eigenvalue weighted by Crippen LogP contribution is 2.35. The first-order valence-electron chi connectivity index (χ1n) is 10.5. The first-order valence-corrected chi connectivity index (χ1v) is 10.8. The van der Waals surface area contributed by atoms with Gasteiger partial charge in [0.05, 0.1) is 17.1 Å². The molecule has 2 heterocycles. The molecule has 0 saturated heterocycles. The Morgan fingerprint density at radius 2 is 1.94 bits per heavy atom. The summed E-state index contributed by atoms with van der Waals surface area (Å²) in [6.45, 7) is 1.49. The fourth-order valence-corrected chi connectivity index (χ4v) is 3.67. The lowest BCUT2D eigenvalue weighted by Gasteiger charge is -2.11. The zero-order valence-electron chi connectivity index (χ0n) is 17.8. The molecule has 4 rings (SSSR count). The summed E-state index contributed by atoms with van der Waals surface area (Å²) in [5.41, 5.74) is 0.827. The van der Waals surface area contributed by atoms with E-state index >= 15 is 0 Å². The van der Waals surface area contributed by atoms with Crippen molar-refractivity contribution in [2.45, 2.75) is 19.0 Å². The zero-order chi connectivity index (χ0) is 24.1. The van der Waals surface area contributed by atoms with Gasteiger partial charge in [0.1, 0.15) is 23.0 Å². The van der Waals surface area contributed by atoms with E-state index in [4.69, 9.17) is 16.3 Å². The Morgan fingerprint density at radius 3 is 2.68 bits per heavy atom. The third-order valence-corrected chi connectivity index (χ3v) is 5.29. The number of ether oxygens (including phenoxy) is 1. The highest BCUT2D eigenvalue weighted by molar-refractivity contribution is 6.31. The van der Waals surface area contributed by atoms with Gasteiger partial charge in [-0.2, -0.15) is 13.2 Å². The number of hydrogen-bond donors (Lipinski definition) is 2. The Morgan fingerprint density at radius 1 is 1.12 bits per heavy atom. The standard InChI is InChI=1S/C24H20ClF3N4O2/c25-20-13-16(5-6-19(20)24(26,27)28)32-22(33)7-4-15-2-1-3-17(12-15)34-18-8-9-29-21(14-18)23-30-10-11-31-23/h1-3,5-6,8-9,12-14H,4,7,10-11H2,(H,30,31)(H,32,33). The number of anilines is 1. The number of alkyl halides is 3. The van der Waals surface area contributed by atoms with Crippen molar-refractivity contribution in [3.8, 4) is 11.5 Å². The van der Waals surface area contributed by atoms with Crippen molar-refractivity contribution >= 4 is 29.0 Å². The summed E-state index contributed by atoms with van der Waals surface area (Å²) < 4.78 is 44.4. The molecule has 1 aliphatic heterocycles. The van der Waals surface area contributed by atoms with Crippen LogP contribution in [0.25, 0.3) is 0 Å². The quantitative estimate of drug-likeness (QED) is 0.462. The molecule has 34 heavy (non-hydrogen) atoms. The van der Waals surface area contributed by atoms with E-state index in [1.807, 2.05) is 18.2 Å². The summed E-state index contributed by atoms with van der Waals surface area (Å²) in [5.74, 6) is 1.60. The molecule has 1 aliphatic rings. The Labute approximate surface area is 198 Å². The van der Waals surface area contributed by atoms with Crippen LogP contribution in [0, 0.1) is 0 Å². The topological polar surface area (TPSA) is 75.6 Å². The number of benzene rings is 2. The number of nitrogens with zero attached hydrogens (tertiary/aromatic N) is 2. The number of aromatic nitrogens is 1. The lowest BCUT2D eigenvalue weighted by atomic mass is 10.1. The molecule has 2 N–H and O–H groups in total. The Balaban J connectivity index is 1.34. The molecule has 0 unspecified atom stereocenters. The minimum atomic E-state index is -4.55. The summed E-state index contributed by atoms with van der Waals surface area (Å²) in [6, 6.07) is 14.0. The number of hydrogen-bond acceptors (Lipinski definition) is 5. The number of amides is 1. The van der Waals surface area contributed by atoms with Crippen molar-refractivity contribution < 1.29 is 22.7 Å². The summed E-state index contributed by atoms with van der Waals surface area (Å²) in [7, 11) is 0. The Bertz CT molecular complexity index is 1230. The van der Waals surface area contributed by atoms with Crippen molar-refractivity contribution in [3.05, 3.63) is 82.6 Å². The second kappa shape index (κ2) is 10.1. The second-order valence-electron chi connectivity index (χ2n) is 7.52. The van der Waals surface area contributed by atoms with Gasteiger partial charge in [-0.1, -0.05) is 23.7 Å². The van der Waals surface area contributed by atoms with E-state index in [1.165, 1.54) is 6.07 Å². The third kappa shape index (κ3) is 6.05. The molecule has 6 nitrogen and oxygen atoms in total. The van der Waals surface area contributed by atoms with Crippen molar-refractivity contribution in [2.75, 3.05) is 18.4 Å². The van der Waals surface area contributed by atoms with E-state index in [0.717, 1.165) is 30.1 Å². The number of rotatable bonds is 7. The van der Waals surface area contributed by atoms with Gasteiger partial charge in [0.2, 0.25) is 5.91 Å². The van der Waals surface area contributed by atoms with Gasteiger partial charge in [-0.05, 0) is 48.4 Å². The van der Waals surface area contributed by atoms with E-state index < -0.39 is 16.8 Å². The van der Waals surface area contributed by atoms with Crippen LogP contribution in [0.15, 0.2) is 65.8 Å². The van der Waals surface area contributed by atoms with Gasteiger partial charge < -0.3 is 15.4 Å². The van der Waals surface area contributed by atoms with Gasteiger partial charge in [-0.15, -0.1) is 0 Å². The van der Waals surface area contributed by atoms with Gasteiger partial charge in [-0.25, -0.2) is 0 Å². The molecule has 0 radical (unpaired) electrons. The van der Waals surface area contributed by atoms with E-state index in [0.29, 0.717) is 30.2 Å². The maximum absolute atomic E-state index is 12.8. The van der Waals surface area contributed by atoms with Crippen LogP contribution < -0.4 is 15.4 Å². The number of aryl methyl sites for hydroxylation is 1. The summed E-state index contributed by atoms with van der Waals surface area (Å²) in [4.78, 5) is 20.9. The van der Waals surface area contributed by atoms with Crippen LogP contribution in [0.2, 0.25) is 5.02 Å². The number of carbonyl (C=O) groups excluding carboxylic acids is 1. The van der Waals surface area contributed by atoms with E-state index in [-0.39, 0.29) is 18.0 Å². The maximum Gasteiger partial charge on any atom is 0.417 e. The van der Waals surface area contributed by atoms with Crippen LogP contribution in [-0.2, 0) is 17.4 Å². The summed E-state index contributed by atoms with van der Waals surface area (Å²) in [5, 5.41) is 5.27. The summed E-state index contributed by atoms with van der Waals surface area (Å²) in [6.07, 6.45) is -2.35. The molecule has 176 valence electrons. The van der Waals surface area contributed by atoms with Gasteiger partial charge in [0.15, 0.2) is 0 Å². The lowest BCUT2D eigenvalue weighted by molar-refractivity contribution is -0.137. The lowest BCUT2D eigenvalue weighted by Crippen LogP contribution is -2.20. The fraction of sp³-hybridized carbons (Fsp3) is 0.208. The highest BCUT2D eigenvalue weighted by atomic mass is 35.5. The molecular weight excluding hydrogens is 469 g/mol. The van der Waals surface area contributed by atoms with Gasteiger partial charge >= 0.3 is 6.18 Å². The van der Waals surface area contributed by atoms with Crippen LogP contribution in [0.3, 0.4) is 0 Å². The van der Waals surface area contributed by atoms with Crippen LogP contribution in [0.4, 0.5) is 18.9 Å². The Hall–Kier alpha value is -3.59. The molecular formula is C24H20ClF3N4O2. The normalized spacial score (nSPS) is 13.2. The molecule has 0 saturated carbocycles. The predicted molar refractivity (Wildman–Crippen MR) is 124 cm³/mol. The van der Waals surface area contributed by atoms with Crippen LogP contribution in [0.1, 0.15) is 23.2 Å². The molecule has 10 heteroatoms. The summed E-state index contributed by atoms with van der Waals surface area (Å²) >= 11 is 5.70. The molecule has 0 fully saturated rings. The molecule has 1 amide bonds. The molecule has 0 bridgehead atoms. The number of nitrogens with one attached hydrogen (secondary N) is 2. The minimum Gasteiger partial charge on any atom is -0.457 e. The Kier molecular flexibility index (Phi) is 7.02. The first kappa shape index (κ1) is 23.6. The molecule has 3 aromatic rings. The molecule has 0 spiro atoms. The number of amidine groups is 1. The van der Waals surface area contributed by atoms with Gasteiger partial charge in [0.25, 0.3) is 0 Å². The first-order chi connectivity index (χ1) is 16.3. The molecule has 1 aromatic heterocycles. The maximum atomic E-state index is 12.8. The fourth-order valence-electron chi connectivity index (χ4n) is 3.38. The molecule has 2 aromatic carbocycles. The van der Waals surface area contributed by atoms with Crippen molar-refractivity contribution in [2.24, 2.45) is 4.99 Å². The van der Waals surface area contributed by atoms with Crippen LogP contribution in [0.5, 0.6) is 11.5 Å². The molecule has 0 aliphatic carbocycles. The van der Waals surface area contributed by atoms with Crippen molar-refractivity contribution in [3.63, 3.8) is 0 Å². The van der Waals surface area contributed by atoms with E-state index in [9.17, 15) is 18.0 Å². The largest absolute Gasteiger partial charge is 0.457 e. The number of carbonyl (C=O) groups is 1. The zero-order valence-corrected chi connectivity index (χ0v) is 18.6. The predicted octanol–water partition coefficient (Wildman–Crippen LogP) is 5.47. The average molecular weight is 489 g/mol. The smallest absolute Gasteiger partial charge is 0.417 e. The number of halogens is 4. The highest BCUT2D eigenvalue weighted by Gasteiger charge is 2.33. The van der Waals surface area contributed by atoms with E-state index in [2.05, 4.69) is 20.6 Å². The SMILES string of the molecule is O=C(CCc1cccc(Oc2ccnc(C3=NCCN3)c2)c1)Nc1ccc(C(F)(F)F)c(Cl)c1. The number of pyridine rings is 1. The minimum absolute atomic E-state index is 0.132. The third-order valence-electron chi connectivity index (χ3n) is 4.98.